The number of likely N-dealkylation sites (tertiary alicyclic amines) is 1. The van der Waals surface area contributed by atoms with Crippen LogP contribution < -0.4 is 10.6 Å². The van der Waals surface area contributed by atoms with Crippen LogP contribution >= 0.6 is 11.3 Å². The van der Waals surface area contributed by atoms with Crippen LogP contribution in [0.15, 0.2) is 12.4 Å². The quantitative estimate of drug-likeness (QED) is 0.418. The third kappa shape index (κ3) is 5.74. The van der Waals surface area contributed by atoms with Crippen molar-refractivity contribution in [2.75, 3.05) is 36.9 Å². The molecule has 3 N–H and O–H groups in total. The van der Waals surface area contributed by atoms with Crippen LogP contribution in [-0.4, -0.2) is 79.2 Å². The molecule has 2 saturated heterocycles. The summed E-state index contributed by atoms with van der Waals surface area (Å²) in [4.78, 5) is 18.0. The van der Waals surface area contributed by atoms with Crippen molar-refractivity contribution in [1.29, 1.82) is 0 Å². The minimum absolute atomic E-state index is 0.112. The topological polar surface area (TPSA) is 113 Å². The Kier molecular flexibility index (Phi) is 7.55. The second-order valence-corrected chi connectivity index (χ2v) is 11.7. The van der Waals surface area contributed by atoms with E-state index in [2.05, 4.69) is 27.6 Å². The zero-order chi connectivity index (χ0) is 25.2. The zero-order valence-electron chi connectivity index (χ0n) is 21.6. The van der Waals surface area contributed by atoms with Gasteiger partial charge in [0, 0.05) is 44.6 Å². The second kappa shape index (κ2) is 11.2. The van der Waals surface area contributed by atoms with Crippen LogP contribution in [0.5, 0.6) is 0 Å². The summed E-state index contributed by atoms with van der Waals surface area (Å²) in [5, 5.41) is 22.6. The number of nitrogens with zero attached hydrogens (tertiary/aromatic N) is 6. The van der Waals surface area contributed by atoms with Crippen molar-refractivity contribution in [3.8, 4) is 0 Å². The molecule has 2 aliphatic heterocycles. The maximum absolute atomic E-state index is 9.85. The van der Waals surface area contributed by atoms with Gasteiger partial charge in [-0.15, -0.1) is 0 Å². The molecule has 200 valence electrons. The number of nitrogens with one attached hydrogen (secondary N) is 2. The molecule has 0 atom stereocenters. The first-order chi connectivity index (χ1) is 18.1. The van der Waals surface area contributed by atoms with Gasteiger partial charge in [-0.3, -0.25) is 4.68 Å². The van der Waals surface area contributed by atoms with Crippen LogP contribution in [0.4, 0.5) is 17.5 Å². The van der Waals surface area contributed by atoms with E-state index in [1.807, 2.05) is 17.1 Å². The highest BCUT2D eigenvalue weighted by Gasteiger charge is 2.29. The monoisotopic (exact) mass is 526 g/mol. The lowest BCUT2D eigenvalue weighted by atomic mass is 9.89. The van der Waals surface area contributed by atoms with Gasteiger partial charge in [0.25, 0.3) is 0 Å². The van der Waals surface area contributed by atoms with Crippen LogP contribution in [0.1, 0.15) is 69.3 Å². The van der Waals surface area contributed by atoms with E-state index in [0.29, 0.717) is 24.1 Å². The van der Waals surface area contributed by atoms with Crippen molar-refractivity contribution >= 4 is 39.1 Å². The predicted molar refractivity (Wildman–Crippen MR) is 146 cm³/mol. The molecule has 3 aliphatic rings. The number of piperidine rings is 1. The summed E-state index contributed by atoms with van der Waals surface area (Å²) in [6, 6.07) is 1.38. The average Bonchev–Trinajstić information content (AvgIpc) is 3.57. The predicted octanol–water partition coefficient (Wildman–Crippen LogP) is 4.12. The van der Waals surface area contributed by atoms with Crippen molar-refractivity contribution in [2.24, 2.45) is 0 Å². The minimum atomic E-state index is -0.112. The first-order valence-corrected chi connectivity index (χ1v) is 14.7. The summed E-state index contributed by atoms with van der Waals surface area (Å²) >= 11 is 1.64. The third-order valence-electron chi connectivity index (χ3n) is 8.08. The Morgan fingerprint density at radius 2 is 1.78 bits per heavy atom. The number of aromatic nitrogens is 5. The first-order valence-electron chi connectivity index (χ1n) is 13.9. The maximum Gasteiger partial charge on any atom is 0.230 e. The molecule has 0 spiro atoms. The number of thiazole rings is 1. The number of ether oxygens (including phenoxy) is 1. The van der Waals surface area contributed by atoms with E-state index >= 15 is 0 Å². The average molecular weight is 527 g/mol. The molecule has 3 fully saturated rings. The van der Waals surface area contributed by atoms with Gasteiger partial charge in [0.15, 0.2) is 10.6 Å². The number of fused-ring (bicyclic) bond motifs is 1. The molecule has 37 heavy (non-hydrogen) atoms. The molecule has 3 aromatic rings. The summed E-state index contributed by atoms with van der Waals surface area (Å²) in [5.41, 5.74) is 1.77. The van der Waals surface area contributed by atoms with Crippen LogP contribution in [0.3, 0.4) is 0 Å². The highest BCUT2D eigenvalue weighted by Crippen LogP contribution is 2.32. The number of hydrogen-bond acceptors (Lipinski definition) is 10. The lowest BCUT2D eigenvalue weighted by molar-refractivity contribution is 0.0495. The summed E-state index contributed by atoms with van der Waals surface area (Å²) in [6.45, 7) is 5.75. The molecule has 0 amide bonds. The van der Waals surface area contributed by atoms with Crippen molar-refractivity contribution in [3.05, 3.63) is 17.4 Å². The number of anilines is 3. The van der Waals surface area contributed by atoms with Gasteiger partial charge in [-0.05, 0) is 57.8 Å². The van der Waals surface area contributed by atoms with E-state index < -0.39 is 0 Å². The Balaban J connectivity index is 1.15. The molecular formula is C26H38N8O2S. The summed E-state index contributed by atoms with van der Waals surface area (Å²) in [5.74, 6) is 1.40. The molecule has 11 heteroatoms. The van der Waals surface area contributed by atoms with Gasteiger partial charge in [0.05, 0.1) is 29.0 Å². The van der Waals surface area contributed by atoms with Gasteiger partial charge >= 0.3 is 0 Å². The molecular weight excluding hydrogens is 488 g/mol. The molecule has 3 aromatic heterocycles. The molecule has 0 radical (unpaired) electrons. The Morgan fingerprint density at radius 3 is 2.54 bits per heavy atom. The molecule has 1 aliphatic carbocycles. The highest BCUT2D eigenvalue weighted by atomic mass is 32.1. The van der Waals surface area contributed by atoms with Gasteiger partial charge < -0.3 is 25.4 Å². The maximum atomic E-state index is 9.85. The van der Waals surface area contributed by atoms with Crippen LogP contribution in [-0.2, 0) is 11.2 Å². The molecule has 0 unspecified atom stereocenters. The summed E-state index contributed by atoms with van der Waals surface area (Å²) < 4.78 is 7.53. The Labute approximate surface area is 221 Å². The molecule has 5 heterocycles. The largest absolute Gasteiger partial charge is 0.393 e. The molecule has 0 bridgehead atoms. The van der Waals surface area contributed by atoms with Crippen LogP contribution in [0.25, 0.3) is 10.3 Å². The molecule has 0 aromatic carbocycles. The normalized spacial score (nSPS) is 24.5. The van der Waals surface area contributed by atoms with Gasteiger partial charge in [-0.25, -0.2) is 4.98 Å². The number of rotatable bonds is 7. The fourth-order valence-electron chi connectivity index (χ4n) is 5.88. The van der Waals surface area contributed by atoms with Crippen LogP contribution in [0.2, 0.25) is 0 Å². The summed E-state index contributed by atoms with van der Waals surface area (Å²) in [7, 11) is 0. The zero-order valence-corrected chi connectivity index (χ0v) is 22.4. The van der Waals surface area contributed by atoms with Crippen molar-refractivity contribution < 1.29 is 9.84 Å². The van der Waals surface area contributed by atoms with E-state index in [4.69, 9.17) is 19.7 Å². The number of aliphatic hydroxyl groups is 1. The van der Waals surface area contributed by atoms with Gasteiger partial charge in [0.2, 0.25) is 5.95 Å². The van der Waals surface area contributed by atoms with Gasteiger partial charge in [-0.1, -0.05) is 18.3 Å². The van der Waals surface area contributed by atoms with E-state index in [0.717, 1.165) is 98.1 Å². The number of hydrogen-bond donors (Lipinski definition) is 3. The van der Waals surface area contributed by atoms with Gasteiger partial charge in [-0.2, -0.15) is 15.1 Å². The SMILES string of the molecule is CCc1nc2c(NC3CCC(N4CCC(O)CC4)CC3)nc(Nc3cnn(C4CCOCC4)c3)nc2s1. The Morgan fingerprint density at radius 1 is 1.00 bits per heavy atom. The van der Waals surface area contributed by atoms with E-state index in [-0.39, 0.29) is 6.10 Å². The summed E-state index contributed by atoms with van der Waals surface area (Å²) in [6.07, 6.45) is 13.0. The van der Waals surface area contributed by atoms with E-state index in [9.17, 15) is 5.11 Å². The number of aliphatic hydroxyl groups excluding tert-OH is 1. The lowest BCUT2D eigenvalue weighted by Gasteiger charge is -2.40. The second-order valence-electron chi connectivity index (χ2n) is 10.6. The minimum Gasteiger partial charge on any atom is -0.393 e. The van der Waals surface area contributed by atoms with Crippen molar-refractivity contribution in [3.63, 3.8) is 0 Å². The van der Waals surface area contributed by atoms with Crippen molar-refractivity contribution in [2.45, 2.75) is 88.9 Å². The van der Waals surface area contributed by atoms with Crippen molar-refractivity contribution in [1.82, 2.24) is 29.6 Å². The molecule has 6 rings (SSSR count). The molecule has 1 saturated carbocycles. The van der Waals surface area contributed by atoms with Gasteiger partial charge in [0.1, 0.15) is 5.52 Å². The Bertz CT molecular complexity index is 1180. The highest BCUT2D eigenvalue weighted by molar-refractivity contribution is 7.18. The number of aryl methyl sites for hydroxylation is 1. The Hall–Kier alpha value is -2.34. The van der Waals surface area contributed by atoms with E-state index in [1.54, 1.807) is 11.3 Å². The smallest absolute Gasteiger partial charge is 0.230 e. The third-order valence-corrected chi connectivity index (χ3v) is 9.17. The fourth-order valence-corrected chi connectivity index (χ4v) is 6.76. The van der Waals surface area contributed by atoms with Crippen LogP contribution in [0, 0.1) is 0 Å². The first kappa shape index (κ1) is 25.0. The molecule has 10 nitrogen and oxygen atoms in total. The van der Waals surface area contributed by atoms with E-state index in [1.165, 1.54) is 12.8 Å². The lowest BCUT2D eigenvalue weighted by Crippen LogP contribution is -2.45. The standard InChI is InChI=1S/C26H38N8O2S/c1-2-22-30-23-24(28-17-3-5-19(6-4-17)33-11-7-21(35)8-12-33)31-26(32-25(23)37-22)29-18-15-27-34(16-18)20-9-13-36-14-10-20/h15-17,19-21,35H,2-14H2,1H3,(H2,28,29,31,32). The fraction of sp³-hybridized carbons (Fsp3) is 0.692.